The second-order valence-electron chi connectivity index (χ2n) is 12.0. The highest BCUT2D eigenvalue weighted by Gasteiger charge is 2.28. The average molecular weight is 597 g/mol. The molecule has 5 heteroatoms. The van der Waals surface area contributed by atoms with Crippen LogP contribution in [0.1, 0.15) is 29.0 Å². The molecule has 0 spiro atoms. The van der Waals surface area contributed by atoms with E-state index in [9.17, 15) is 9.59 Å². The quantitative estimate of drug-likeness (QED) is 0.205. The van der Waals surface area contributed by atoms with E-state index in [2.05, 4.69) is 54.6 Å². The maximum Gasteiger partial charge on any atom is 0.340 e. The molecule has 6 aromatic carbocycles. The molecule has 0 radical (unpaired) electrons. The number of hydrogen-bond acceptors (Lipinski definition) is 3. The highest BCUT2D eigenvalue weighted by Crippen LogP contribution is 2.45. The third kappa shape index (κ3) is 3.95. The maximum absolute atomic E-state index is 14.2. The van der Waals surface area contributed by atoms with Crippen LogP contribution in [0.3, 0.4) is 0 Å². The van der Waals surface area contributed by atoms with Gasteiger partial charge >= 0.3 is 5.69 Å². The predicted molar refractivity (Wildman–Crippen MR) is 184 cm³/mol. The molecule has 0 N–H and O–H groups in total. The van der Waals surface area contributed by atoms with Crippen LogP contribution in [0.2, 0.25) is 0 Å². The van der Waals surface area contributed by atoms with Gasteiger partial charge in [0.05, 0.1) is 22.3 Å². The van der Waals surface area contributed by atoms with E-state index in [4.69, 9.17) is 4.42 Å². The molecule has 0 aliphatic heterocycles. The molecule has 1 aliphatic rings. The smallest absolute Gasteiger partial charge is 0.340 e. The van der Waals surface area contributed by atoms with Gasteiger partial charge < -0.3 is 4.42 Å². The van der Waals surface area contributed by atoms with Gasteiger partial charge in [0.25, 0.3) is 5.56 Å². The molecule has 1 atom stereocenters. The van der Waals surface area contributed by atoms with E-state index in [0.717, 1.165) is 57.0 Å². The van der Waals surface area contributed by atoms with Gasteiger partial charge in [0, 0.05) is 22.3 Å². The molecule has 220 valence electrons. The van der Waals surface area contributed by atoms with Crippen LogP contribution < -0.4 is 11.2 Å². The molecule has 9 rings (SSSR count). The Balaban J connectivity index is 1.31. The van der Waals surface area contributed by atoms with Crippen molar-refractivity contribution in [2.24, 2.45) is 0 Å². The minimum atomic E-state index is -0.397. The van der Waals surface area contributed by atoms with Gasteiger partial charge in [0.1, 0.15) is 11.2 Å². The standard InChI is InChI=1S/C41H28N2O3/c44-40-36-24-26-22-23-31(33-19-11-20-34-32-18-9-10-21-38(32)46-39(33)34)29-16-7-8-17-30(29)35(26)25-37(36)42(27-12-3-1-4-13-27)41(45)43(40)28-14-5-2-6-15-28/h1-21,24-25,31H,22-23H2. The molecule has 1 aliphatic carbocycles. The van der Waals surface area contributed by atoms with Crippen LogP contribution in [-0.4, -0.2) is 9.13 Å². The number of furan rings is 1. The molecule has 2 aromatic heterocycles. The fourth-order valence-corrected chi connectivity index (χ4v) is 7.36. The fraction of sp³-hybridized carbons (Fsp3) is 0.0732. The lowest BCUT2D eigenvalue weighted by atomic mass is 9.85. The van der Waals surface area contributed by atoms with Crippen LogP contribution in [0, 0.1) is 0 Å². The van der Waals surface area contributed by atoms with Crippen molar-refractivity contribution in [1.82, 2.24) is 9.13 Å². The van der Waals surface area contributed by atoms with Gasteiger partial charge in [-0.3, -0.25) is 9.36 Å². The van der Waals surface area contributed by atoms with Crippen LogP contribution in [-0.2, 0) is 6.42 Å². The molecule has 0 bridgehead atoms. The Morgan fingerprint density at radius 3 is 2.02 bits per heavy atom. The molecule has 0 amide bonds. The highest BCUT2D eigenvalue weighted by molar-refractivity contribution is 6.06. The van der Waals surface area contributed by atoms with Crippen LogP contribution >= 0.6 is 0 Å². The van der Waals surface area contributed by atoms with E-state index in [-0.39, 0.29) is 11.5 Å². The Labute approximate surface area is 264 Å². The topological polar surface area (TPSA) is 57.1 Å². The number of para-hydroxylation sites is 4. The zero-order valence-electron chi connectivity index (χ0n) is 24.9. The summed E-state index contributed by atoms with van der Waals surface area (Å²) >= 11 is 0. The van der Waals surface area contributed by atoms with Crippen molar-refractivity contribution in [2.75, 3.05) is 0 Å². The van der Waals surface area contributed by atoms with Gasteiger partial charge in [-0.1, -0.05) is 97.1 Å². The number of benzene rings is 6. The van der Waals surface area contributed by atoms with Crippen LogP contribution in [0.4, 0.5) is 0 Å². The van der Waals surface area contributed by atoms with Crippen molar-refractivity contribution in [1.29, 1.82) is 0 Å². The number of aromatic nitrogens is 2. The predicted octanol–water partition coefficient (Wildman–Crippen LogP) is 8.79. The normalized spacial score (nSPS) is 14.3. The van der Waals surface area contributed by atoms with Gasteiger partial charge in [0.15, 0.2) is 0 Å². The number of nitrogens with zero attached hydrogens (tertiary/aromatic N) is 2. The Kier molecular flexibility index (Phi) is 5.93. The van der Waals surface area contributed by atoms with Crippen molar-refractivity contribution in [2.45, 2.75) is 18.8 Å². The van der Waals surface area contributed by atoms with E-state index >= 15 is 0 Å². The van der Waals surface area contributed by atoms with E-state index in [0.29, 0.717) is 22.3 Å². The second kappa shape index (κ2) is 10.3. The number of fused-ring (bicyclic) bond motifs is 7. The summed E-state index contributed by atoms with van der Waals surface area (Å²) in [5.41, 5.74) is 8.55. The summed E-state index contributed by atoms with van der Waals surface area (Å²) in [6.07, 6.45) is 1.60. The van der Waals surface area contributed by atoms with Crippen molar-refractivity contribution < 1.29 is 4.42 Å². The average Bonchev–Trinajstić information content (AvgIpc) is 3.41. The zero-order valence-corrected chi connectivity index (χ0v) is 24.9. The maximum atomic E-state index is 14.2. The third-order valence-electron chi connectivity index (χ3n) is 9.45. The lowest BCUT2D eigenvalue weighted by Gasteiger charge is -2.19. The van der Waals surface area contributed by atoms with E-state index in [1.165, 1.54) is 10.1 Å². The first-order valence-corrected chi connectivity index (χ1v) is 15.6. The molecular weight excluding hydrogens is 568 g/mol. The zero-order chi connectivity index (χ0) is 30.8. The minimum absolute atomic E-state index is 0.0771. The SMILES string of the molecule is O=c1c2cc3c(cc2n(-c2ccccc2)c(=O)n1-c1ccccc1)-c1ccccc1C(c1cccc2c1oc1ccccc12)CC3. The summed E-state index contributed by atoms with van der Waals surface area (Å²) in [4.78, 5) is 28.4. The molecule has 0 saturated heterocycles. The van der Waals surface area contributed by atoms with Crippen LogP contribution in [0.5, 0.6) is 0 Å². The molecule has 2 heterocycles. The highest BCUT2D eigenvalue weighted by atomic mass is 16.3. The lowest BCUT2D eigenvalue weighted by Crippen LogP contribution is -2.38. The van der Waals surface area contributed by atoms with Gasteiger partial charge in [-0.05, 0) is 77.6 Å². The van der Waals surface area contributed by atoms with E-state index in [1.807, 2.05) is 72.8 Å². The molecular formula is C41H28N2O3. The summed E-state index contributed by atoms with van der Waals surface area (Å²) < 4.78 is 9.46. The van der Waals surface area contributed by atoms with E-state index in [1.54, 1.807) is 16.7 Å². The summed E-state index contributed by atoms with van der Waals surface area (Å²) in [5.74, 6) is 0.0771. The summed E-state index contributed by atoms with van der Waals surface area (Å²) in [6.45, 7) is 0. The first kappa shape index (κ1) is 26.5. The first-order valence-electron chi connectivity index (χ1n) is 15.6. The van der Waals surface area contributed by atoms with Crippen LogP contribution in [0.15, 0.2) is 154 Å². The Morgan fingerprint density at radius 2 is 1.22 bits per heavy atom. The Hall–Kier alpha value is -5.94. The van der Waals surface area contributed by atoms with Crippen LogP contribution in [0.25, 0.3) is 55.3 Å². The molecule has 5 nitrogen and oxygen atoms in total. The monoisotopic (exact) mass is 596 g/mol. The summed E-state index contributed by atoms with van der Waals surface area (Å²) in [6, 6.07) is 46.0. The van der Waals surface area contributed by atoms with Gasteiger partial charge in [-0.15, -0.1) is 0 Å². The number of rotatable bonds is 3. The Morgan fingerprint density at radius 1 is 0.565 bits per heavy atom. The molecule has 1 unspecified atom stereocenters. The lowest BCUT2D eigenvalue weighted by molar-refractivity contribution is 0.647. The molecule has 8 aromatic rings. The van der Waals surface area contributed by atoms with Crippen molar-refractivity contribution in [3.63, 3.8) is 0 Å². The largest absolute Gasteiger partial charge is 0.456 e. The fourth-order valence-electron chi connectivity index (χ4n) is 7.36. The van der Waals surface area contributed by atoms with Gasteiger partial charge in [-0.25, -0.2) is 9.36 Å². The van der Waals surface area contributed by atoms with Crippen molar-refractivity contribution in [3.8, 4) is 22.5 Å². The Bertz CT molecular complexity index is 2580. The number of hydrogen-bond donors (Lipinski definition) is 0. The van der Waals surface area contributed by atoms with Gasteiger partial charge in [-0.2, -0.15) is 0 Å². The first-order chi connectivity index (χ1) is 22.7. The summed E-state index contributed by atoms with van der Waals surface area (Å²) in [5, 5.41) is 2.75. The molecule has 0 fully saturated rings. The second-order valence-corrected chi connectivity index (χ2v) is 12.0. The number of aryl methyl sites for hydroxylation is 1. The van der Waals surface area contributed by atoms with E-state index < -0.39 is 5.69 Å². The van der Waals surface area contributed by atoms with Gasteiger partial charge in [0.2, 0.25) is 0 Å². The van der Waals surface area contributed by atoms with Crippen molar-refractivity contribution in [3.05, 3.63) is 177 Å². The summed E-state index contributed by atoms with van der Waals surface area (Å²) in [7, 11) is 0. The minimum Gasteiger partial charge on any atom is -0.456 e. The third-order valence-corrected chi connectivity index (χ3v) is 9.45. The molecule has 46 heavy (non-hydrogen) atoms. The van der Waals surface area contributed by atoms with Crippen molar-refractivity contribution >= 4 is 32.8 Å². The molecule has 0 saturated carbocycles.